The monoisotopic (exact) mass is 612 g/mol. The highest BCUT2D eigenvalue weighted by atomic mass is 16.3. The maximum Gasteiger partial charge on any atom is 0.145 e. The van der Waals surface area contributed by atoms with Gasteiger partial charge in [0.05, 0.1) is 11.0 Å². The lowest BCUT2D eigenvalue weighted by Gasteiger charge is -2.11. The molecule has 0 atom stereocenters. The van der Waals surface area contributed by atoms with E-state index in [0.717, 1.165) is 77.0 Å². The third-order valence-corrected chi connectivity index (χ3v) is 9.61. The Morgan fingerprint density at radius 1 is 0.438 bits per heavy atom. The van der Waals surface area contributed by atoms with Crippen molar-refractivity contribution < 1.29 is 4.42 Å². The van der Waals surface area contributed by atoms with Crippen LogP contribution < -0.4 is 0 Å². The third kappa shape index (κ3) is 4.04. The summed E-state index contributed by atoms with van der Waals surface area (Å²) in [5.74, 6) is 0.906. The van der Waals surface area contributed by atoms with Crippen LogP contribution in [0.3, 0.4) is 0 Å². The number of aromatic nitrogens is 2. The van der Waals surface area contributed by atoms with Gasteiger partial charge in [-0.25, -0.2) is 4.98 Å². The quantitative estimate of drug-likeness (QED) is 0.194. The van der Waals surface area contributed by atoms with Crippen LogP contribution in [0.2, 0.25) is 0 Å². The van der Waals surface area contributed by atoms with Gasteiger partial charge in [0, 0.05) is 27.4 Å². The Balaban J connectivity index is 1.42. The van der Waals surface area contributed by atoms with Crippen molar-refractivity contribution in [1.29, 1.82) is 0 Å². The lowest BCUT2D eigenvalue weighted by atomic mass is 9.95. The van der Waals surface area contributed by atoms with E-state index >= 15 is 0 Å². The molecule has 0 saturated heterocycles. The van der Waals surface area contributed by atoms with Crippen molar-refractivity contribution in [3.8, 4) is 17.1 Å². The predicted octanol–water partition coefficient (Wildman–Crippen LogP) is 12.3. The van der Waals surface area contributed by atoms with Gasteiger partial charge in [0.25, 0.3) is 0 Å². The number of imidazole rings is 1. The lowest BCUT2D eigenvalue weighted by molar-refractivity contribution is 0.673. The molecule has 0 unspecified atom stereocenters. The Labute approximate surface area is 276 Å². The number of furan rings is 1. The molecule has 0 aliphatic rings. The van der Waals surface area contributed by atoms with E-state index in [9.17, 15) is 0 Å². The summed E-state index contributed by atoms with van der Waals surface area (Å²) in [6.45, 7) is 0. The third-order valence-electron chi connectivity index (χ3n) is 9.61. The summed E-state index contributed by atoms with van der Waals surface area (Å²) in [7, 11) is 0. The smallest absolute Gasteiger partial charge is 0.145 e. The van der Waals surface area contributed by atoms with Gasteiger partial charge >= 0.3 is 0 Å². The van der Waals surface area contributed by atoms with Gasteiger partial charge in [0.15, 0.2) is 0 Å². The van der Waals surface area contributed by atoms with E-state index < -0.39 is 0 Å². The molecule has 0 aliphatic carbocycles. The fourth-order valence-corrected chi connectivity index (χ4v) is 7.42. The molecule has 0 amide bonds. The highest BCUT2D eigenvalue weighted by molar-refractivity contribution is 6.28. The highest BCUT2D eigenvalue weighted by Gasteiger charge is 2.17. The van der Waals surface area contributed by atoms with Gasteiger partial charge in [-0.3, -0.25) is 4.57 Å². The first kappa shape index (κ1) is 26.7. The molecule has 48 heavy (non-hydrogen) atoms. The van der Waals surface area contributed by atoms with Gasteiger partial charge in [-0.1, -0.05) is 127 Å². The Morgan fingerprint density at radius 3 is 1.94 bits per heavy atom. The number of rotatable bonds is 2. The molecule has 8 aromatic carbocycles. The molecule has 0 N–H and O–H groups in total. The lowest BCUT2D eigenvalue weighted by Crippen LogP contribution is -1.97. The van der Waals surface area contributed by atoms with Crippen molar-refractivity contribution >= 4 is 76.1 Å². The normalized spacial score (nSPS) is 11.8. The van der Waals surface area contributed by atoms with E-state index in [4.69, 9.17) is 9.40 Å². The molecule has 3 heteroatoms. The van der Waals surface area contributed by atoms with E-state index in [1.54, 1.807) is 0 Å². The zero-order chi connectivity index (χ0) is 31.6. The Hall–Kier alpha value is -6.45. The topological polar surface area (TPSA) is 31.0 Å². The van der Waals surface area contributed by atoms with Gasteiger partial charge in [0.1, 0.15) is 17.0 Å². The zero-order valence-corrected chi connectivity index (χ0v) is 26.0. The molecule has 224 valence electrons. The summed E-state index contributed by atoms with van der Waals surface area (Å²) in [6.07, 6.45) is 0. The van der Waals surface area contributed by atoms with Crippen LogP contribution in [0.15, 0.2) is 174 Å². The van der Waals surface area contributed by atoms with Crippen LogP contribution >= 0.6 is 0 Å². The molecule has 0 bridgehead atoms. The molecule has 10 aromatic rings. The van der Waals surface area contributed by atoms with Gasteiger partial charge in [-0.15, -0.1) is 0 Å². The first-order valence-electron chi connectivity index (χ1n) is 16.3. The van der Waals surface area contributed by atoms with Crippen molar-refractivity contribution in [2.75, 3.05) is 0 Å². The molecule has 0 aliphatic heterocycles. The average molecular weight is 613 g/mol. The minimum Gasteiger partial charge on any atom is -0.455 e. The molecule has 0 fully saturated rings. The number of nitrogens with zero attached hydrogens (tertiary/aromatic N) is 2. The van der Waals surface area contributed by atoms with E-state index in [-0.39, 0.29) is 0 Å². The molecule has 3 nitrogen and oxygen atoms in total. The minimum absolute atomic E-state index is 0.890. The molecule has 0 spiro atoms. The predicted molar refractivity (Wildman–Crippen MR) is 201 cm³/mol. The van der Waals surface area contributed by atoms with Gasteiger partial charge in [-0.2, -0.15) is 0 Å². The molecule has 10 rings (SSSR count). The summed E-state index contributed by atoms with van der Waals surface area (Å²) >= 11 is 0. The first-order chi connectivity index (χ1) is 23.8. The van der Waals surface area contributed by atoms with Gasteiger partial charge < -0.3 is 4.42 Å². The standard InChI is InChI=1S/C45H28N2O/c1-2-13-32(14-3-1)47-41-20-10-9-19-40(41)46-45(47)31-25-24-30-23-22-29-12-4-5-15-33(29)34-16-6-7-18-36(34)43-37(39(30)28-31)26-27-38-35-17-8-11-21-42(35)48-44(38)43/h1-28H. The SMILES string of the molecule is c1ccc(-n2c(-c3ccc4ccc5ccccc5c5ccccc5c5c(ccc6c7ccccc7oc65)c4c3)nc3ccccc32)cc1. The van der Waals surface area contributed by atoms with Crippen LogP contribution in [0.4, 0.5) is 0 Å². The summed E-state index contributed by atoms with van der Waals surface area (Å²) < 4.78 is 9.04. The largest absolute Gasteiger partial charge is 0.455 e. The Kier molecular flexibility index (Phi) is 5.87. The second-order valence-electron chi connectivity index (χ2n) is 12.3. The van der Waals surface area contributed by atoms with Crippen LogP contribution in [0.25, 0.3) is 93.1 Å². The molecular formula is C45H28N2O. The van der Waals surface area contributed by atoms with Crippen LogP contribution in [0, 0.1) is 0 Å². The van der Waals surface area contributed by atoms with Crippen molar-refractivity contribution in [3.63, 3.8) is 0 Å². The summed E-state index contributed by atoms with van der Waals surface area (Å²) in [5, 5.41) is 11.4. The molecular weight excluding hydrogens is 585 g/mol. The number of para-hydroxylation sites is 4. The fraction of sp³-hybridized carbons (Fsp3) is 0. The summed E-state index contributed by atoms with van der Waals surface area (Å²) in [6, 6.07) is 60.3. The van der Waals surface area contributed by atoms with E-state index in [1.807, 2.05) is 6.07 Å². The second-order valence-corrected chi connectivity index (χ2v) is 12.3. The van der Waals surface area contributed by atoms with E-state index in [2.05, 4.69) is 168 Å². The number of hydrogen-bond donors (Lipinski definition) is 0. The van der Waals surface area contributed by atoms with Crippen LogP contribution in [0.1, 0.15) is 0 Å². The first-order valence-corrected chi connectivity index (χ1v) is 16.3. The molecule has 2 heterocycles. The average Bonchev–Trinajstić information content (AvgIpc) is 3.73. The maximum atomic E-state index is 6.78. The summed E-state index contributed by atoms with van der Waals surface area (Å²) in [4.78, 5) is 5.21. The Bertz CT molecular complexity index is 2950. The van der Waals surface area contributed by atoms with Crippen molar-refractivity contribution in [3.05, 3.63) is 170 Å². The number of hydrogen-bond acceptors (Lipinski definition) is 2. The molecule has 2 aromatic heterocycles. The minimum atomic E-state index is 0.890. The van der Waals surface area contributed by atoms with E-state index in [0.29, 0.717) is 0 Å². The van der Waals surface area contributed by atoms with Crippen molar-refractivity contribution in [2.45, 2.75) is 0 Å². The van der Waals surface area contributed by atoms with Crippen molar-refractivity contribution in [1.82, 2.24) is 9.55 Å². The van der Waals surface area contributed by atoms with Crippen LogP contribution in [0.5, 0.6) is 0 Å². The van der Waals surface area contributed by atoms with E-state index in [1.165, 1.54) is 16.2 Å². The number of benzene rings is 7. The fourth-order valence-electron chi connectivity index (χ4n) is 7.42. The van der Waals surface area contributed by atoms with Gasteiger partial charge in [-0.05, 0) is 80.2 Å². The zero-order valence-electron chi connectivity index (χ0n) is 26.0. The summed E-state index contributed by atoms with van der Waals surface area (Å²) in [5.41, 5.74) is 5.96. The maximum absolute atomic E-state index is 6.78. The second kappa shape index (κ2) is 10.5. The van der Waals surface area contributed by atoms with Crippen LogP contribution in [-0.2, 0) is 0 Å². The highest BCUT2D eigenvalue weighted by Crippen LogP contribution is 2.40. The van der Waals surface area contributed by atoms with Crippen molar-refractivity contribution in [2.24, 2.45) is 0 Å². The Morgan fingerprint density at radius 2 is 1.06 bits per heavy atom. The molecule has 0 saturated carbocycles. The van der Waals surface area contributed by atoms with Gasteiger partial charge in [0.2, 0.25) is 0 Å². The molecule has 0 radical (unpaired) electrons. The van der Waals surface area contributed by atoms with Crippen LogP contribution in [-0.4, -0.2) is 9.55 Å². The number of fused-ring (bicyclic) bond motifs is 12.